The third-order valence-electron chi connectivity index (χ3n) is 6.02. The molecule has 0 aliphatic rings. The molecule has 7 aromatic rings. The summed E-state index contributed by atoms with van der Waals surface area (Å²) in [6.45, 7) is 0. The van der Waals surface area contributed by atoms with Gasteiger partial charge in [-0.25, -0.2) is 9.97 Å². The van der Waals surface area contributed by atoms with Crippen molar-refractivity contribution >= 4 is 53.4 Å². The summed E-state index contributed by atoms with van der Waals surface area (Å²) in [5.74, 6) is 0.760. The summed E-state index contributed by atoms with van der Waals surface area (Å²) in [5, 5.41) is 3.65. The molecule has 32 heavy (non-hydrogen) atoms. The van der Waals surface area contributed by atoms with Crippen LogP contribution in [0.3, 0.4) is 0 Å². The van der Waals surface area contributed by atoms with Crippen molar-refractivity contribution in [2.24, 2.45) is 0 Å². The van der Waals surface area contributed by atoms with Crippen LogP contribution >= 0.6 is 11.3 Å². The van der Waals surface area contributed by atoms with Crippen LogP contribution in [0.5, 0.6) is 0 Å². The van der Waals surface area contributed by atoms with E-state index in [4.69, 9.17) is 9.97 Å². The second-order valence-corrected chi connectivity index (χ2v) is 9.02. The maximum atomic E-state index is 5.08. The van der Waals surface area contributed by atoms with Crippen LogP contribution < -0.4 is 0 Å². The Bertz CT molecular complexity index is 1760. The molecule has 4 aromatic carbocycles. The van der Waals surface area contributed by atoms with E-state index in [0.29, 0.717) is 0 Å². The number of benzene rings is 4. The van der Waals surface area contributed by atoms with Crippen LogP contribution in [-0.4, -0.2) is 15.0 Å². The average molecular weight is 428 g/mol. The smallest absolute Gasteiger partial charge is 0.160 e. The van der Waals surface area contributed by atoms with E-state index >= 15 is 0 Å². The van der Waals surface area contributed by atoms with Gasteiger partial charge in [0.05, 0.1) is 15.9 Å². The van der Waals surface area contributed by atoms with Crippen LogP contribution in [0.25, 0.3) is 64.8 Å². The molecular formula is C28H17N3S. The van der Waals surface area contributed by atoms with E-state index in [9.17, 15) is 0 Å². The van der Waals surface area contributed by atoms with Crippen LogP contribution in [0.4, 0.5) is 0 Å². The fraction of sp³-hybridized carbons (Fsp3) is 0. The van der Waals surface area contributed by atoms with Crippen molar-refractivity contribution in [3.05, 3.63) is 97.1 Å². The number of rotatable bonds is 2. The van der Waals surface area contributed by atoms with Crippen molar-refractivity contribution in [1.82, 2.24) is 15.0 Å². The summed E-state index contributed by atoms with van der Waals surface area (Å²) in [6.07, 6.45) is 0. The van der Waals surface area contributed by atoms with Gasteiger partial charge in [0.2, 0.25) is 0 Å². The molecule has 0 aliphatic heterocycles. The third-order valence-corrected chi connectivity index (χ3v) is 7.17. The van der Waals surface area contributed by atoms with Crippen LogP contribution in [0.15, 0.2) is 97.1 Å². The molecule has 0 spiro atoms. The summed E-state index contributed by atoms with van der Waals surface area (Å²) in [5.41, 5.74) is 6.46. The highest BCUT2D eigenvalue weighted by atomic mass is 32.1. The molecule has 0 bridgehead atoms. The van der Waals surface area contributed by atoms with Gasteiger partial charge in [0.1, 0.15) is 0 Å². The lowest BCUT2D eigenvalue weighted by Gasteiger charge is -2.07. The van der Waals surface area contributed by atoms with Gasteiger partial charge in [0.15, 0.2) is 5.82 Å². The van der Waals surface area contributed by atoms with E-state index < -0.39 is 0 Å². The molecule has 0 saturated heterocycles. The molecule has 0 fully saturated rings. The van der Waals surface area contributed by atoms with Gasteiger partial charge in [0.25, 0.3) is 0 Å². The van der Waals surface area contributed by atoms with Crippen LogP contribution in [0.1, 0.15) is 0 Å². The first-order valence-corrected chi connectivity index (χ1v) is 11.4. The van der Waals surface area contributed by atoms with Gasteiger partial charge in [-0.2, -0.15) is 0 Å². The number of para-hydroxylation sites is 1. The first kappa shape index (κ1) is 17.6. The number of H-pyrrole nitrogens is 1. The standard InChI is InChI=1S/C28H17N3S/c1-3-9-17(10-4-1)25-27-26(31-28(30-25)18-11-5-2-6-12-18)21-15-20-19-13-7-8-14-22(19)29-23(20)16-24(21)32-27/h1-16,29H. The van der Waals surface area contributed by atoms with Crippen molar-refractivity contribution in [2.75, 3.05) is 0 Å². The van der Waals surface area contributed by atoms with E-state index in [0.717, 1.165) is 43.9 Å². The predicted octanol–water partition coefficient (Wildman–Crippen LogP) is 7.81. The molecule has 7 rings (SSSR count). The Morgan fingerprint density at radius 2 is 1.31 bits per heavy atom. The van der Waals surface area contributed by atoms with Gasteiger partial charge in [-0.3, -0.25) is 0 Å². The molecular weight excluding hydrogens is 410 g/mol. The Labute approximate surface area is 188 Å². The summed E-state index contributed by atoms with van der Waals surface area (Å²) < 4.78 is 2.35. The molecule has 0 aliphatic carbocycles. The Balaban J connectivity index is 1.61. The highest BCUT2D eigenvalue weighted by Gasteiger charge is 2.17. The SMILES string of the molecule is c1ccc(-c2nc(-c3ccccc3)c3sc4cc5[nH]c6ccccc6c5cc4c3n2)cc1. The normalized spacial score (nSPS) is 11.8. The van der Waals surface area contributed by atoms with Crippen LogP contribution in [-0.2, 0) is 0 Å². The van der Waals surface area contributed by atoms with E-state index in [1.54, 1.807) is 11.3 Å². The molecule has 3 nitrogen and oxygen atoms in total. The Morgan fingerprint density at radius 1 is 0.594 bits per heavy atom. The minimum absolute atomic E-state index is 0.760. The molecule has 4 heteroatoms. The molecule has 3 aromatic heterocycles. The van der Waals surface area contributed by atoms with Crippen molar-refractivity contribution < 1.29 is 0 Å². The second-order valence-electron chi connectivity index (χ2n) is 7.97. The van der Waals surface area contributed by atoms with E-state index in [1.807, 2.05) is 24.3 Å². The summed E-state index contributed by atoms with van der Waals surface area (Å²) in [4.78, 5) is 13.7. The van der Waals surface area contributed by atoms with Gasteiger partial charge in [-0.15, -0.1) is 11.3 Å². The summed E-state index contributed by atoms with van der Waals surface area (Å²) in [7, 11) is 0. The van der Waals surface area contributed by atoms with Gasteiger partial charge in [-0.05, 0) is 18.2 Å². The Hall–Kier alpha value is -4.02. The highest BCUT2D eigenvalue weighted by Crippen LogP contribution is 2.41. The Kier molecular flexibility index (Phi) is 3.72. The number of nitrogens with one attached hydrogen (secondary N) is 1. The van der Waals surface area contributed by atoms with E-state index in [-0.39, 0.29) is 0 Å². The predicted molar refractivity (Wildman–Crippen MR) is 135 cm³/mol. The first-order valence-electron chi connectivity index (χ1n) is 10.6. The number of thiophene rings is 1. The molecule has 0 unspecified atom stereocenters. The van der Waals surface area contributed by atoms with Crippen molar-refractivity contribution in [2.45, 2.75) is 0 Å². The second kappa shape index (κ2) is 6.74. The fourth-order valence-corrected chi connectivity index (χ4v) is 5.67. The lowest BCUT2D eigenvalue weighted by Crippen LogP contribution is -1.93. The van der Waals surface area contributed by atoms with Gasteiger partial charge in [0, 0.05) is 43.0 Å². The minimum Gasteiger partial charge on any atom is -0.354 e. The monoisotopic (exact) mass is 427 g/mol. The topological polar surface area (TPSA) is 41.6 Å². The van der Waals surface area contributed by atoms with Crippen molar-refractivity contribution in [3.63, 3.8) is 0 Å². The molecule has 1 N–H and O–H groups in total. The maximum Gasteiger partial charge on any atom is 0.160 e. The number of nitrogens with zero attached hydrogens (tertiary/aromatic N) is 2. The molecule has 0 atom stereocenters. The van der Waals surface area contributed by atoms with Crippen LogP contribution in [0.2, 0.25) is 0 Å². The highest BCUT2D eigenvalue weighted by molar-refractivity contribution is 7.26. The molecule has 3 heterocycles. The number of aromatic amines is 1. The fourth-order valence-electron chi connectivity index (χ4n) is 4.50. The average Bonchev–Trinajstić information content (AvgIpc) is 3.40. The van der Waals surface area contributed by atoms with E-state index in [2.05, 4.69) is 77.8 Å². The Morgan fingerprint density at radius 3 is 2.12 bits per heavy atom. The summed E-state index contributed by atoms with van der Waals surface area (Å²) in [6, 6.07) is 33.7. The first-order chi connectivity index (χ1) is 15.8. The van der Waals surface area contributed by atoms with Crippen molar-refractivity contribution in [1.29, 1.82) is 0 Å². The molecule has 0 radical (unpaired) electrons. The van der Waals surface area contributed by atoms with Gasteiger partial charge >= 0.3 is 0 Å². The minimum atomic E-state index is 0.760. The van der Waals surface area contributed by atoms with E-state index in [1.165, 1.54) is 20.9 Å². The van der Waals surface area contributed by atoms with Crippen molar-refractivity contribution in [3.8, 4) is 22.6 Å². The lowest BCUT2D eigenvalue weighted by molar-refractivity contribution is 1.24. The number of fused-ring (bicyclic) bond motifs is 6. The zero-order valence-corrected chi connectivity index (χ0v) is 17.9. The number of aromatic nitrogens is 3. The van der Waals surface area contributed by atoms with Gasteiger partial charge in [-0.1, -0.05) is 78.9 Å². The third kappa shape index (κ3) is 2.60. The van der Waals surface area contributed by atoms with Gasteiger partial charge < -0.3 is 4.98 Å². The number of hydrogen-bond donors (Lipinski definition) is 1. The zero-order valence-electron chi connectivity index (χ0n) is 17.0. The zero-order chi connectivity index (χ0) is 21.1. The molecule has 150 valence electrons. The van der Waals surface area contributed by atoms with Crippen LogP contribution in [0, 0.1) is 0 Å². The lowest BCUT2D eigenvalue weighted by atomic mass is 10.1. The maximum absolute atomic E-state index is 5.08. The number of hydrogen-bond acceptors (Lipinski definition) is 3. The largest absolute Gasteiger partial charge is 0.354 e. The quantitative estimate of drug-likeness (QED) is 0.306. The summed E-state index contributed by atoms with van der Waals surface area (Å²) >= 11 is 1.77. The molecule has 0 amide bonds. The molecule has 0 saturated carbocycles.